The number of amides is 1. The lowest BCUT2D eigenvalue weighted by Crippen LogP contribution is -2.38. The van der Waals surface area contributed by atoms with Crippen molar-refractivity contribution in [3.05, 3.63) is 29.3 Å². The lowest BCUT2D eigenvalue weighted by Gasteiger charge is -2.23. The van der Waals surface area contributed by atoms with Crippen molar-refractivity contribution in [2.45, 2.75) is 40.2 Å². The van der Waals surface area contributed by atoms with Gasteiger partial charge in [-0.15, -0.1) is 0 Å². The summed E-state index contributed by atoms with van der Waals surface area (Å²) in [6.45, 7) is 7.64. The zero-order chi connectivity index (χ0) is 16.2. The van der Waals surface area contributed by atoms with E-state index in [2.05, 4.69) is 5.32 Å². The van der Waals surface area contributed by atoms with E-state index in [0.717, 1.165) is 23.1 Å². The molecule has 0 unspecified atom stereocenters. The monoisotopic (exact) mass is 312 g/mol. The average Bonchev–Trinajstić information content (AvgIpc) is 2.32. The Morgan fingerprint density at radius 3 is 2.19 bits per heavy atom. The van der Waals surface area contributed by atoms with Crippen LogP contribution in [-0.2, 0) is 14.8 Å². The first-order valence-corrected chi connectivity index (χ1v) is 8.80. The number of nitrogens with one attached hydrogen (secondary N) is 1. The van der Waals surface area contributed by atoms with Crippen LogP contribution < -0.4 is 5.32 Å². The van der Waals surface area contributed by atoms with E-state index in [9.17, 15) is 13.2 Å². The number of rotatable bonds is 6. The number of hydrogen-bond acceptors (Lipinski definition) is 3. The van der Waals surface area contributed by atoms with Gasteiger partial charge in [-0.1, -0.05) is 18.2 Å². The normalized spacial score (nSPS) is 12.0. The van der Waals surface area contributed by atoms with Crippen molar-refractivity contribution >= 4 is 21.6 Å². The molecule has 0 saturated carbocycles. The zero-order valence-corrected chi connectivity index (χ0v) is 14.1. The van der Waals surface area contributed by atoms with E-state index in [-0.39, 0.29) is 24.9 Å². The van der Waals surface area contributed by atoms with Gasteiger partial charge in [0, 0.05) is 24.7 Å². The molecule has 0 bridgehead atoms. The molecule has 0 saturated heterocycles. The smallest absolute Gasteiger partial charge is 0.225 e. The highest BCUT2D eigenvalue weighted by Gasteiger charge is 2.21. The Bertz CT molecular complexity index is 589. The summed E-state index contributed by atoms with van der Waals surface area (Å²) in [7, 11) is -3.30. The summed E-state index contributed by atoms with van der Waals surface area (Å²) in [4.78, 5) is 12.0. The summed E-state index contributed by atoms with van der Waals surface area (Å²) in [5.74, 6) is -0.179. The third kappa shape index (κ3) is 5.13. The number of carbonyl (C=O) groups is 1. The molecule has 0 aliphatic heterocycles. The van der Waals surface area contributed by atoms with Crippen LogP contribution in [0.1, 0.15) is 31.4 Å². The summed E-state index contributed by atoms with van der Waals surface area (Å²) in [5, 5.41) is 2.86. The summed E-state index contributed by atoms with van der Waals surface area (Å²) in [6, 6.07) is 5.64. The van der Waals surface area contributed by atoms with Gasteiger partial charge in [0.1, 0.15) is 0 Å². The predicted octanol–water partition coefficient (Wildman–Crippen LogP) is 2.30. The Balaban J connectivity index is 2.70. The SMILES string of the molecule is Cc1cccc(C)c1NC(=O)CCN(C(C)C)S(C)(=O)=O. The Kier molecular flexibility index (Phi) is 5.92. The molecular weight excluding hydrogens is 288 g/mol. The minimum Gasteiger partial charge on any atom is -0.326 e. The van der Waals surface area contributed by atoms with Gasteiger partial charge in [0.05, 0.1) is 6.26 Å². The first-order valence-electron chi connectivity index (χ1n) is 6.95. The van der Waals surface area contributed by atoms with Crippen LogP contribution in [0.4, 0.5) is 5.69 Å². The van der Waals surface area contributed by atoms with E-state index in [1.54, 1.807) is 13.8 Å². The first kappa shape index (κ1) is 17.7. The van der Waals surface area contributed by atoms with Gasteiger partial charge in [0.15, 0.2) is 0 Å². The number of hydrogen-bond donors (Lipinski definition) is 1. The average molecular weight is 312 g/mol. The number of benzene rings is 1. The molecule has 0 atom stereocenters. The molecule has 6 heteroatoms. The molecule has 1 amide bonds. The van der Waals surface area contributed by atoms with Crippen molar-refractivity contribution < 1.29 is 13.2 Å². The van der Waals surface area contributed by atoms with Crippen molar-refractivity contribution in [1.29, 1.82) is 0 Å². The molecule has 118 valence electrons. The van der Waals surface area contributed by atoms with Crippen LogP contribution in [0.3, 0.4) is 0 Å². The van der Waals surface area contributed by atoms with Gasteiger partial charge < -0.3 is 5.32 Å². The van der Waals surface area contributed by atoms with E-state index >= 15 is 0 Å². The van der Waals surface area contributed by atoms with Gasteiger partial charge in [0.25, 0.3) is 0 Å². The topological polar surface area (TPSA) is 66.5 Å². The standard InChI is InChI=1S/C15H24N2O3S/c1-11(2)17(21(5,19)20)10-9-14(18)16-15-12(3)7-6-8-13(15)4/h6-8,11H,9-10H2,1-5H3,(H,16,18). The summed E-state index contributed by atoms with van der Waals surface area (Å²) >= 11 is 0. The Labute approximate surface area is 127 Å². The fourth-order valence-electron chi connectivity index (χ4n) is 2.23. The fraction of sp³-hybridized carbons (Fsp3) is 0.533. The molecule has 0 radical (unpaired) electrons. The van der Waals surface area contributed by atoms with Gasteiger partial charge >= 0.3 is 0 Å². The second-order valence-electron chi connectivity index (χ2n) is 5.53. The maximum atomic E-state index is 12.0. The fourth-order valence-corrected chi connectivity index (χ4v) is 3.42. The Morgan fingerprint density at radius 1 is 1.24 bits per heavy atom. The summed E-state index contributed by atoms with van der Waals surface area (Å²) in [6.07, 6.45) is 1.30. The van der Waals surface area contributed by atoms with E-state index in [1.165, 1.54) is 4.31 Å². The highest BCUT2D eigenvalue weighted by molar-refractivity contribution is 7.88. The predicted molar refractivity (Wildman–Crippen MR) is 85.8 cm³/mol. The van der Waals surface area contributed by atoms with Crippen LogP contribution in [0.5, 0.6) is 0 Å². The highest BCUT2D eigenvalue weighted by Crippen LogP contribution is 2.19. The van der Waals surface area contributed by atoms with Crippen molar-refractivity contribution in [1.82, 2.24) is 4.31 Å². The summed E-state index contributed by atoms with van der Waals surface area (Å²) in [5.41, 5.74) is 2.79. The molecule has 0 heterocycles. The molecule has 1 rings (SSSR count). The number of sulfonamides is 1. The second kappa shape index (κ2) is 7.04. The van der Waals surface area contributed by atoms with E-state index in [0.29, 0.717) is 0 Å². The van der Waals surface area contributed by atoms with Crippen LogP contribution in [0.2, 0.25) is 0 Å². The van der Waals surface area contributed by atoms with Crippen LogP contribution in [-0.4, -0.2) is 37.5 Å². The Morgan fingerprint density at radius 2 is 1.76 bits per heavy atom. The maximum Gasteiger partial charge on any atom is 0.225 e. The highest BCUT2D eigenvalue weighted by atomic mass is 32.2. The van der Waals surface area contributed by atoms with E-state index in [1.807, 2.05) is 32.0 Å². The second-order valence-corrected chi connectivity index (χ2v) is 7.47. The third-order valence-electron chi connectivity index (χ3n) is 3.31. The molecule has 5 nitrogen and oxygen atoms in total. The van der Waals surface area contributed by atoms with Crippen molar-refractivity contribution in [3.63, 3.8) is 0 Å². The lowest BCUT2D eigenvalue weighted by molar-refractivity contribution is -0.116. The van der Waals surface area contributed by atoms with Crippen LogP contribution >= 0.6 is 0 Å². The third-order valence-corrected chi connectivity index (χ3v) is 4.76. The molecule has 1 aromatic rings. The van der Waals surface area contributed by atoms with E-state index < -0.39 is 10.0 Å². The molecule has 0 fully saturated rings. The summed E-state index contributed by atoms with van der Waals surface area (Å²) < 4.78 is 24.6. The van der Waals surface area contributed by atoms with Crippen LogP contribution in [0.25, 0.3) is 0 Å². The van der Waals surface area contributed by atoms with E-state index in [4.69, 9.17) is 0 Å². The molecule has 0 aliphatic rings. The quantitative estimate of drug-likeness (QED) is 0.876. The Hall–Kier alpha value is -1.40. The molecule has 0 aliphatic carbocycles. The zero-order valence-electron chi connectivity index (χ0n) is 13.3. The first-order chi connectivity index (χ1) is 9.62. The lowest BCUT2D eigenvalue weighted by atomic mass is 10.1. The van der Waals surface area contributed by atoms with Gasteiger partial charge in [0.2, 0.25) is 15.9 Å². The van der Waals surface area contributed by atoms with Crippen molar-refractivity contribution in [2.75, 3.05) is 18.1 Å². The molecular formula is C15H24N2O3S. The molecule has 1 aromatic carbocycles. The van der Waals surface area contributed by atoms with Crippen molar-refractivity contribution in [3.8, 4) is 0 Å². The molecule has 0 aromatic heterocycles. The number of anilines is 1. The van der Waals surface area contributed by atoms with Gasteiger partial charge in [-0.05, 0) is 38.8 Å². The molecule has 1 N–H and O–H groups in total. The minimum atomic E-state index is -3.30. The van der Waals surface area contributed by atoms with Crippen LogP contribution in [0, 0.1) is 13.8 Å². The van der Waals surface area contributed by atoms with Gasteiger partial charge in [-0.25, -0.2) is 8.42 Å². The molecule has 21 heavy (non-hydrogen) atoms. The maximum absolute atomic E-state index is 12.0. The number of carbonyl (C=O) groups excluding carboxylic acids is 1. The number of nitrogens with zero attached hydrogens (tertiary/aromatic N) is 1. The molecule has 0 spiro atoms. The van der Waals surface area contributed by atoms with Crippen molar-refractivity contribution in [2.24, 2.45) is 0 Å². The number of aryl methyl sites for hydroxylation is 2. The minimum absolute atomic E-state index is 0.138. The van der Waals surface area contributed by atoms with Gasteiger partial charge in [-0.3, -0.25) is 4.79 Å². The number of para-hydroxylation sites is 1. The van der Waals surface area contributed by atoms with Gasteiger partial charge in [-0.2, -0.15) is 4.31 Å². The largest absolute Gasteiger partial charge is 0.326 e. The van der Waals surface area contributed by atoms with Crippen LogP contribution in [0.15, 0.2) is 18.2 Å².